The van der Waals surface area contributed by atoms with Crippen molar-refractivity contribution in [3.8, 4) is 17.4 Å². The second-order valence-corrected chi connectivity index (χ2v) is 6.09. The van der Waals surface area contributed by atoms with Crippen LogP contribution in [0, 0.1) is 6.92 Å². The minimum atomic E-state index is -0.0361. The zero-order valence-corrected chi connectivity index (χ0v) is 15.4. The lowest BCUT2D eigenvalue weighted by Gasteiger charge is -2.38. The number of amides is 1. The average molecular weight is 356 g/mol. The Morgan fingerprint density at radius 3 is 2.54 bits per heavy atom. The number of carbonyl (C=O) groups excluding carboxylic acids is 1. The molecule has 1 fully saturated rings. The van der Waals surface area contributed by atoms with Crippen LogP contribution in [-0.4, -0.2) is 48.2 Å². The number of hydrogen-bond acceptors (Lipinski definition) is 5. The van der Waals surface area contributed by atoms with Gasteiger partial charge in [0.25, 0.3) is 5.91 Å². The number of likely N-dealkylation sites (tertiary alicyclic amines) is 1. The third kappa shape index (κ3) is 4.07. The third-order valence-electron chi connectivity index (χ3n) is 4.08. The van der Waals surface area contributed by atoms with Gasteiger partial charge in [-0.2, -0.15) is 0 Å². The predicted molar refractivity (Wildman–Crippen MR) is 98.1 cm³/mol. The Labute approximate surface area is 153 Å². The van der Waals surface area contributed by atoms with E-state index in [1.165, 1.54) is 0 Å². The van der Waals surface area contributed by atoms with E-state index in [0.29, 0.717) is 49.2 Å². The second kappa shape index (κ2) is 8.08. The van der Waals surface area contributed by atoms with E-state index in [9.17, 15) is 4.79 Å². The molecule has 1 amide bonds. The van der Waals surface area contributed by atoms with E-state index >= 15 is 0 Å². The first kappa shape index (κ1) is 18.0. The Morgan fingerprint density at radius 2 is 1.85 bits per heavy atom. The van der Waals surface area contributed by atoms with E-state index in [2.05, 4.69) is 4.98 Å². The van der Waals surface area contributed by atoms with Crippen LogP contribution in [0.15, 0.2) is 36.4 Å². The molecule has 0 unspecified atom stereocenters. The molecule has 3 rings (SSSR count). The summed E-state index contributed by atoms with van der Waals surface area (Å²) in [7, 11) is 0. The van der Waals surface area contributed by atoms with Gasteiger partial charge in [-0.1, -0.05) is 6.07 Å². The first-order chi connectivity index (χ1) is 12.6. The molecule has 26 heavy (non-hydrogen) atoms. The summed E-state index contributed by atoms with van der Waals surface area (Å²) >= 11 is 0. The first-order valence-corrected chi connectivity index (χ1v) is 8.90. The van der Waals surface area contributed by atoms with Crippen molar-refractivity contribution >= 4 is 5.91 Å². The van der Waals surface area contributed by atoms with Gasteiger partial charge in [0, 0.05) is 17.3 Å². The van der Waals surface area contributed by atoms with Crippen molar-refractivity contribution < 1.29 is 19.0 Å². The summed E-state index contributed by atoms with van der Waals surface area (Å²) in [6, 6.07) is 11.0. The maximum Gasteiger partial charge on any atom is 0.254 e. The smallest absolute Gasteiger partial charge is 0.254 e. The van der Waals surface area contributed by atoms with Crippen molar-refractivity contribution in [1.29, 1.82) is 0 Å². The zero-order chi connectivity index (χ0) is 18.5. The van der Waals surface area contributed by atoms with Gasteiger partial charge in [0.05, 0.1) is 26.3 Å². The number of nitrogens with zero attached hydrogens (tertiary/aromatic N) is 2. The van der Waals surface area contributed by atoms with Crippen LogP contribution >= 0.6 is 0 Å². The summed E-state index contributed by atoms with van der Waals surface area (Å²) in [5, 5.41) is 0. The minimum Gasteiger partial charge on any atom is -0.490 e. The highest BCUT2D eigenvalue weighted by Gasteiger charge is 2.33. The molecule has 1 aliphatic rings. The van der Waals surface area contributed by atoms with Gasteiger partial charge in [-0.15, -0.1) is 0 Å². The highest BCUT2D eigenvalue weighted by atomic mass is 16.5. The number of benzene rings is 1. The van der Waals surface area contributed by atoms with E-state index in [-0.39, 0.29) is 12.0 Å². The molecular weight excluding hydrogens is 332 g/mol. The molecule has 6 nitrogen and oxygen atoms in total. The van der Waals surface area contributed by atoms with Crippen LogP contribution in [0.2, 0.25) is 0 Å². The standard InChI is InChI=1S/C20H24N2O4/c1-4-24-17-10-9-15(11-18(17)25-5-2)20(23)22-12-16(13-22)26-19-8-6-7-14(3)21-19/h6-11,16H,4-5,12-13H2,1-3H3. The van der Waals surface area contributed by atoms with Crippen molar-refractivity contribution in [2.45, 2.75) is 26.9 Å². The average Bonchev–Trinajstić information content (AvgIpc) is 2.59. The number of ether oxygens (including phenoxy) is 3. The van der Waals surface area contributed by atoms with E-state index in [4.69, 9.17) is 14.2 Å². The fourth-order valence-electron chi connectivity index (χ4n) is 2.80. The van der Waals surface area contributed by atoms with Crippen molar-refractivity contribution in [1.82, 2.24) is 9.88 Å². The molecule has 0 atom stereocenters. The number of rotatable bonds is 7. The lowest BCUT2D eigenvalue weighted by Crippen LogP contribution is -2.56. The van der Waals surface area contributed by atoms with Crippen molar-refractivity contribution in [3.63, 3.8) is 0 Å². The van der Waals surface area contributed by atoms with E-state index in [1.807, 2.05) is 39.0 Å². The molecule has 0 aliphatic carbocycles. The molecule has 2 aromatic rings. The molecule has 1 aromatic carbocycles. The van der Waals surface area contributed by atoms with Crippen LogP contribution in [0.3, 0.4) is 0 Å². The summed E-state index contributed by atoms with van der Waals surface area (Å²) in [4.78, 5) is 18.7. The third-order valence-corrected chi connectivity index (χ3v) is 4.08. The molecule has 1 saturated heterocycles. The van der Waals surface area contributed by atoms with Crippen LogP contribution in [0.1, 0.15) is 29.9 Å². The predicted octanol–water partition coefficient (Wildman–Crippen LogP) is 3.09. The Hall–Kier alpha value is -2.76. The molecule has 1 aliphatic heterocycles. The molecule has 0 bridgehead atoms. The Balaban J connectivity index is 1.61. The van der Waals surface area contributed by atoms with Gasteiger partial charge in [-0.3, -0.25) is 4.79 Å². The van der Waals surface area contributed by atoms with Gasteiger partial charge in [-0.05, 0) is 45.0 Å². The summed E-state index contributed by atoms with van der Waals surface area (Å²) in [5.41, 5.74) is 1.50. The quantitative estimate of drug-likeness (QED) is 0.763. The SMILES string of the molecule is CCOc1ccc(C(=O)N2CC(Oc3cccc(C)n3)C2)cc1OCC. The fourth-order valence-corrected chi connectivity index (χ4v) is 2.80. The molecule has 0 radical (unpaired) electrons. The molecule has 138 valence electrons. The van der Waals surface area contributed by atoms with Crippen LogP contribution in [0.25, 0.3) is 0 Å². The normalized spacial score (nSPS) is 13.9. The monoisotopic (exact) mass is 356 g/mol. The first-order valence-electron chi connectivity index (χ1n) is 8.90. The highest BCUT2D eigenvalue weighted by Crippen LogP contribution is 2.30. The van der Waals surface area contributed by atoms with E-state index in [0.717, 1.165) is 5.69 Å². The van der Waals surface area contributed by atoms with Crippen molar-refractivity contribution in [3.05, 3.63) is 47.7 Å². The Bertz CT molecular complexity index is 772. The number of aromatic nitrogens is 1. The maximum absolute atomic E-state index is 12.7. The maximum atomic E-state index is 12.7. The summed E-state index contributed by atoms with van der Waals surface area (Å²) in [5.74, 6) is 1.81. The van der Waals surface area contributed by atoms with Crippen LogP contribution in [0.5, 0.6) is 17.4 Å². The van der Waals surface area contributed by atoms with Gasteiger partial charge >= 0.3 is 0 Å². The van der Waals surface area contributed by atoms with Crippen LogP contribution in [-0.2, 0) is 0 Å². The van der Waals surface area contributed by atoms with Gasteiger partial charge in [0.2, 0.25) is 5.88 Å². The van der Waals surface area contributed by atoms with Gasteiger partial charge in [0.15, 0.2) is 11.5 Å². The van der Waals surface area contributed by atoms with E-state index < -0.39 is 0 Å². The number of pyridine rings is 1. The summed E-state index contributed by atoms with van der Waals surface area (Å²) < 4.78 is 16.9. The lowest BCUT2D eigenvalue weighted by molar-refractivity contribution is 0.0159. The molecular formula is C20H24N2O4. The number of hydrogen-bond donors (Lipinski definition) is 0. The van der Waals surface area contributed by atoms with Crippen LogP contribution in [0.4, 0.5) is 0 Å². The second-order valence-electron chi connectivity index (χ2n) is 6.09. The van der Waals surface area contributed by atoms with Gasteiger partial charge < -0.3 is 19.1 Å². The van der Waals surface area contributed by atoms with Crippen LogP contribution < -0.4 is 14.2 Å². The molecule has 6 heteroatoms. The van der Waals surface area contributed by atoms with E-state index in [1.54, 1.807) is 23.1 Å². The Morgan fingerprint density at radius 1 is 1.12 bits per heavy atom. The molecule has 2 heterocycles. The number of aryl methyl sites for hydroxylation is 1. The molecule has 0 spiro atoms. The lowest BCUT2D eigenvalue weighted by atomic mass is 10.1. The fraction of sp³-hybridized carbons (Fsp3) is 0.400. The molecule has 0 N–H and O–H groups in total. The van der Waals surface area contributed by atoms with Gasteiger partial charge in [0.1, 0.15) is 6.10 Å². The van der Waals surface area contributed by atoms with Crippen molar-refractivity contribution in [2.24, 2.45) is 0 Å². The molecule has 0 saturated carbocycles. The zero-order valence-electron chi connectivity index (χ0n) is 15.4. The summed E-state index contributed by atoms with van der Waals surface area (Å²) in [6.45, 7) is 7.90. The highest BCUT2D eigenvalue weighted by molar-refractivity contribution is 5.95. The Kier molecular flexibility index (Phi) is 5.61. The van der Waals surface area contributed by atoms with Crippen molar-refractivity contribution in [2.75, 3.05) is 26.3 Å². The summed E-state index contributed by atoms with van der Waals surface area (Å²) in [6.07, 6.45) is -0.0256. The minimum absolute atomic E-state index is 0.0256. The van der Waals surface area contributed by atoms with Gasteiger partial charge in [-0.25, -0.2) is 4.98 Å². The largest absolute Gasteiger partial charge is 0.490 e. The topological polar surface area (TPSA) is 60.9 Å². The molecule has 1 aromatic heterocycles. The number of carbonyl (C=O) groups is 1.